The molecule has 0 fully saturated rings. The van der Waals surface area contributed by atoms with Crippen LogP contribution >= 0.6 is 11.6 Å². The van der Waals surface area contributed by atoms with Gasteiger partial charge in [0, 0.05) is 11.6 Å². The third kappa shape index (κ3) is 2.43. The van der Waals surface area contributed by atoms with Crippen molar-refractivity contribution >= 4 is 17.6 Å². The molecule has 1 rings (SSSR count). The molecule has 12 heavy (non-hydrogen) atoms. The average Bonchev–Trinajstić information content (AvgIpc) is 2.03. The Morgan fingerprint density at radius 2 is 2.17 bits per heavy atom. The molecular weight excluding hydrogens is 176 g/mol. The first-order valence-electron chi connectivity index (χ1n) is 3.47. The van der Waals surface area contributed by atoms with E-state index in [1.165, 1.54) is 0 Å². The first-order chi connectivity index (χ1) is 5.70. The second-order valence-corrected chi connectivity index (χ2v) is 2.72. The summed E-state index contributed by atoms with van der Waals surface area (Å²) in [6.45, 7) is 0.370. The third-order valence-electron chi connectivity index (χ3n) is 1.41. The Bertz CT molecular complexity index is 288. The summed E-state index contributed by atoms with van der Waals surface area (Å²) >= 11 is 5.82. The number of hydrogen-bond donors (Lipinski definition) is 2. The van der Waals surface area contributed by atoms with Crippen molar-refractivity contribution in [3.63, 3.8) is 0 Å². The second kappa shape index (κ2) is 3.97. The largest absolute Gasteiger partial charge is 0.352 e. The minimum atomic E-state index is -0.546. The Hall–Kier alpha value is -1.22. The summed E-state index contributed by atoms with van der Waals surface area (Å²) in [7, 11) is 0. The zero-order valence-corrected chi connectivity index (χ0v) is 7.14. The zero-order valence-electron chi connectivity index (χ0n) is 6.38. The molecule has 1 aromatic carbocycles. The van der Waals surface area contributed by atoms with Crippen LogP contribution in [-0.4, -0.2) is 6.03 Å². The lowest BCUT2D eigenvalue weighted by Gasteiger charge is -2.03. The topological polar surface area (TPSA) is 55.1 Å². The molecule has 0 aliphatic heterocycles. The molecule has 0 heterocycles. The van der Waals surface area contributed by atoms with Crippen molar-refractivity contribution < 1.29 is 4.79 Å². The summed E-state index contributed by atoms with van der Waals surface area (Å²) in [5.41, 5.74) is 5.76. The molecule has 0 radical (unpaired) electrons. The predicted octanol–water partition coefficient (Wildman–Crippen LogP) is 1.51. The van der Waals surface area contributed by atoms with E-state index in [2.05, 4.69) is 5.32 Å². The Kier molecular flexibility index (Phi) is 2.94. The number of benzene rings is 1. The fraction of sp³-hybridized carbons (Fsp3) is 0.125. The minimum Gasteiger partial charge on any atom is -0.352 e. The van der Waals surface area contributed by atoms with E-state index in [0.717, 1.165) is 5.56 Å². The van der Waals surface area contributed by atoms with Gasteiger partial charge in [0.05, 0.1) is 0 Å². The molecule has 0 atom stereocenters. The molecule has 3 N–H and O–H groups in total. The number of amides is 2. The molecule has 0 unspecified atom stereocenters. The Labute approximate surface area is 75.5 Å². The Morgan fingerprint density at radius 1 is 1.50 bits per heavy atom. The Morgan fingerprint density at radius 3 is 2.75 bits per heavy atom. The number of carbonyl (C=O) groups is 1. The van der Waals surface area contributed by atoms with Crippen LogP contribution in [0.4, 0.5) is 4.79 Å². The first kappa shape index (κ1) is 8.87. The van der Waals surface area contributed by atoms with Crippen LogP contribution in [0.3, 0.4) is 0 Å². The molecule has 0 aromatic heterocycles. The molecule has 0 aliphatic carbocycles. The van der Waals surface area contributed by atoms with Gasteiger partial charge >= 0.3 is 6.03 Å². The smallest absolute Gasteiger partial charge is 0.312 e. The summed E-state index contributed by atoms with van der Waals surface area (Å²) in [6.07, 6.45) is 0. The molecule has 1 aromatic rings. The number of primary amides is 1. The maximum absolute atomic E-state index is 10.4. The second-order valence-electron chi connectivity index (χ2n) is 2.31. The van der Waals surface area contributed by atoms with Crippen LogP contribution in [0.2, 0.25) is 5.02 Å². The molecule has 3 nitrogen and oxygen atoms in total. The maximum atomic E-state index is 10.4. The number of carbonyl (C=O) groups excluding carboxylic acids is 1. The van der Waals surface area contributed by atoms with E-state index in [4.69, 9.17) is 17.3 Å². The number of halogens is 1. The molecule has 0 saturated carbocycles. The summed E-state index contributed by atoms with van der Waals surface area (Å²) in [4.78, 5) is 10.4. The fourth-order valence-corrected chi connectivity index (χ4v) is 1.03. The molecule has 0 saturated heterocycles. The van der Waals surface area contributed by atoms with Crippen molar-refractivity contribution in [2.45, 2.75) is 6.54 Å². The molecule has 0 spiro atoms. The molecule has 0 aliphatic rings. The van der Waals surface area contributed by atoms with E-state index in [9.17, 15) is 4.79 Å². The van der Waals surface area contributed by atoms with Crippen molar-refractivity contribution in [3.8, 4) is 0 Å². The molecule has 0 bridgehead atoms. The van der Waals surface area contributed by atoms with E-state index in [1.807, 2.05) is 18.2 Å². The number of rotatable bonds is 2. The van der Waals surface area contributed by atoms with E-state index >= 15 is 0 Å². The lowest BCUT2D eigenvalue weighted by Crippen LogP contribution is -2.28. The van der Waals surface area contributed by atoms with Gasteiger partial charge in [0.15, 0.2) is 0 Å². The summed E-state index contributed by atoms with van der Waals surface area (Å²) in [5.74, 6) is 0. The molecule has 2 amide bonds. The lowest BCUT2D eigenvalue weighted by atomic mass is 10.2. The van der Waals surface area contributed by atoms with Crippen LogP contribution in [0.5, 0.6) is 0 Å². The van der Waals surface area contributed by atoms with Crippen LogP contribution in [0.25, 0.3) is 0 Å². The first-order valence-corrected chi connectivity index (χ1v) is 3.84. The van der Waals surface area contributed by atoms with Crippen molar-refractivity contribution in [3.05, 3.63) is 34.9 Å². The van der Waals surface area contributed by atoms with Gasteiger partial charge in [-0.1, -0.05) is 29.8 Å². The predicted molar refractivity (Wildman–Crippen MR) is 47.9 cm³/mol. The zero-order chi connectivity index (χ0) is 8.97. The average molecular weight is 185 g/mol. The summed E-state index contributed by atoms with van der Waals surface area (Å²) in [6, 6.07) is 6.73. The van der Waals surface area contributed by atoms with E-state index in [-0.39, 0.29) is 0 Å². The van der Waals surface area contributed by atoms with Crippen LogP contribution in [0, 0.1) is 0 Å². The van der Waals surface area contributed by atoms with Gasteiger partial charge in [0.1, 0.15) is 0 Å². The number of hydrogen-bond acceptors (Lipinski definition) is 1. The highest BCUT2D eigenvalue weighted by Gasteiger charge is 1.98. The van der Waals surface area contributed by atoms with Crippen LogP contribution in [0.15, 0.2) is 24.3 Å². The SMILES string of the molecule is NC(=O)NCc1ccccc1Cl. The van der Waals surface area contributed by atoms with Gasteiger partial charge in [-0.05, 0) is 11.6 Å². The fourth-order valence-electron chi connectivity index (χ4n) is 0.824. The van der Waals surface area contributed by atoms with E-state index < -0.39 is 6.03 Å². The van der Waals surface area contributed by atoms with Crippen molar-refractivity contribution in [1.82, 2.24) is 5.32 Å². The Balaban J connectivity index is 2.63. The molecule has 64 valence electrons. The highest BCUT2D eigenvalue weighted by Crippen LogP contribution is 2.13. The quantitative estimate of drug-likeness (QED) is 0.719. The van der Waals surface area contributed by atoms with Gasteiger partial charge in [0.2, 0.25) is 0 Å². The maximum Gasteiger partial charge on any atom is 0.312 e. The number of nitrogens with two attached hydrogens (primary N) is 1. The van der Waals surface area contributed by atoms with E-state index in [0.29, 0.717) is 11.6 Å². The van der Waals surface area contributed by atoms with Crippen molar-refractivity contribution in [2.75, 3.05) is 0 Å². The van der Waals surface area contributed by atoms with Gasteiger partial charge in [-0.3, -0.25) is 0 Å². The van der Waals surface area contributed by atoms with Gasteiger partial charge in [-0.25, -0.2) is 4.79 Å². The van der Waals surface area contributed by atoms with Crippen LogP contribution in [-0.2, 0) is 6.54 Å². The summed E-state index contributed by atoms with van der Waals surface area (Å²) < 4.78 is 0. The van der Waals surface area contributed by atoms with Crippen LogP contribution in [0.1, 0.15) is 5.56 Å². The van der Waals surface area contributed by atoms with Gasteiger partial charge in [0.25, 0.3) is 0 Å². The standard InChI is InChI=1S/C8H9ClN2O/c9-7-4-2-1-3-6(7)5-11-8(10)12/h1-4H,5H2,(H3,10,11,12). The van der Waals surface area contributed by atoms with Crippen molar-refractivity contribution in [2.24, 2.45) is 5.73 Å². The van der Waals surface area contributed by atoms with Crippen molar-refractivity contribution in [1.29, 1.82) is 0 Å². The molecular formula is C8H9ClN2O. The normalized spacial score (nSPS) is 9.42. The monoisotopic (exact) mass is 184 g/mol. The van der Waals surface area contributed by atoms with Gasteiger partial charge < -0.3 is 11.1 Å². The molecule has 4 heteroatoms. The highest BCUT2D eigenvalue weighted by molar-refractivity contribution is 6.31. The third-order valence-corrected chi connectivity index (χ3v) is 1.78. The highest BCUT2D eigenvalue weighted by atomic mass is 35.5. The van der Waals surface area contributed by atoms with Gasteiger partial charge in [-0.2, -0.15) is 0 Å². The number of nitrogens with one attached hydrogen (secondary N) is 1. The lowest BCUT2D eigenvalue weighted by molar-refractivity contribution is 0.248. The van der Waals surface area contributed by atoms with E-state index in [1.54, 1.807) is 6.07 Å². The summed E-state index contributed by atoms with van der Waals surface area (Å²) in [5, 5.41) is 3.09. The minimum absolute atomic E-state index is 0.370. The number of urea groups is 1. The van der Waals surface area contributed by atoms with Gasteiger partial charge in [-0.15, -0.1) is 0 Å². The van der Waals surface area contributed by atoms with Crippen LogP contribution < -0.4 is 11.1 Å².